The number of carbonyl (C=O) groups is 1. The molecule has 0 spiro atoms. The standard InChI is InChI=1S/C12H19N3OS.2ClH/c1-8-11(17-9(2)14-8)12(16)15(3)10-4-6-13-7-5-10;;/h10,13H,4-7H2,1-3H3;2*1H. The van der Waals surface area contributed by atoms with E-state index in [1.807, 2.05) is 25.8 Å². The number of hydrogen-bond acceptors (Lipinski definition) is 4. The maximum absolute atomic E-state index is 12.4. The molecule has 110 valence electrons. The summed E-state index contributed by atoms with van der Waals surface area (Å²) in [6.07, 6.45) is 2.08. The Kier molecular flexibility index (Phi) is 7.89. The quantitative estimate of drug-likeness (QED) is 0.908. The Bertz CT molecular complexity index is 419. The second-order valence-corrected chi connectivity index (χ2v) is 5.75. The van der Waals surface area contributed by atoms with Crippen LogP contribution < -0.4 is 5.32 Å². The summed E-state index contributed by atoms with van der Waals surface area (Å²) in [7, 11) is 1.91. The van der Waals surface area contributed by atoms with Gasteiger partial charge >= 0.3 is 0 Å². The Labute approximate surface area is 130 Å². The fourth-order valence-corrected chi connectivity index (χ4v) is 3.15. The van der Waals surface area contributed by atoms with Crippen molar-refractivity contribution in [3.05, 3.63) is 15.6 Å². The zero-order chi connectivity index (χ0) is 12.4. The van der Waals surface area contributed by atoms with E-state index in [2.05, 4.69) is 10.3 Å². The van der Waals surface area contributed by atoms with Crippen LogP contribution >= 0.6 is 36.2 Å². The van der Waals surface area contributed by atoms with Crippen LogP contribution in [0.4, 0.5) is 0 Å². The molecule has 19 heavy (non-hydrogen) atoms. The van der Waals surface area contributed by atoms with E-state index in [4.69, 9.17) is 0 Å². The van der Waals surface area contributed by atoms with Crippen molar-refractivity contribution in [2.45, 2.75) is 32.7 Å². The van der Waals surface area contributed by atoms with Gasteiger partial charge in [-0.25, -0.2) is 4.98 Å². The number of nitrogens with one attached hydrogen (secondary N) is 1. The molecule has 1 amide bonds. The Hall–Kier alpha value is -0.360. The van der Waals surface area contributed by atoms with E-state index >= 15 is 0 Å². The highest BCUT2D eigenvalue weighted by Crippen LogP contribution is 2.21. The normalized spacial score (nSPS) is 15.3. The zero-order valence-corrected chi connectivity index (χ0v) is 13.9. The Morgan fingerprint density at radius 3 is 2.37 bits per heavy atom. The number of carbonyl (C=O) groups excluding carboxylic acids is 1. The molecule has 0 radical (unpaired) electrons. The summed E-state index contributed by atoms with van der Waals surface area (Å²) in [6.45, 7) is 5.86. The Morgan fingerprint density at radius 2 is 1.89 bits per heavy atom. The van der Waals surface area contributed by atoms with E-state index in [9.17, 15) is 4.79 Å². The van der Waals surface area contributed by atoms with Crippen molar-refractivity contribution in [3.63, 3.8) is 0 Å². The van der Waals surface area contributed by atoms with Gasteiger partial charge < -0.3 is 10.2 Å². The lowest BCUT2D eigenvalue weighted by molar-refractivity contribution is 0.0707. The maximum atomic E-state index is 12.4. The van der Waals surface area contributed by atoms with Crippen LogP contribution in [-0.4, -0.2) is 42.0 Å². The highest BCUT2D eigenvalue weighted by atomic mass is 35.5. The van der Waals surface area contributed by atoms with Crippen LogP contribution in [0, 0.1) is 13.8 Å². The van der Waals surface area contributed by atoms with E-state index in [1.165, 1.54) is 11.3 Å². The Balaban J connectivity index is 0.00000162. The smallest absolute Gasteiger partial charge is 0.265 e. The number of hydrogen-bond donors (Lipinski definition) is 1. The van der Waals surface area contributed by atoms with Crippen LogP contribution in [0.1, 0.15) is 33.2 Å². The van der Waals surface area contributed by atoms with Crippen molar-refractivity contribution in [1.82, 2.24) is 15.2 Å². The van der Waals surface area contributed by atoms with Crippen LogP contribution in [0.2, 0.25) is 0 Å². The van der Waals surface area contributed by atoms with Crippen LogP contribution in [-0.2, 0) is 0 Å². The molecule has 7 heteroatoms. The molecule has 2 rings (SSSR count). The lowest BCUT2D eigenvalue weighted by Crippen LogP contribution is -2.43. The van der Waals surface area contributed by atoms with Gasteiger partial charge in [-0.2, -0.15) is 0 Å². The predicted molar refractivity (Wildman–Crippen MR) is 84.1 cm³/mol. The third-order valence-electron chi connectivity index (χ3n) is 3.27. The molecule has 1 saturated heterocycles. The first-order chi connectivity index (χ1) is 8.09. The van der Waals surface area contributed by atoms with Crippen molar-refractivity contribution in [3.8, 4) is 0 Å². The molecule has 1 aliphatic rings. The van der Waals surface area contributed by atoms with E-state index in [0.717, 1.165) is 41.5 Å². The number of rotatable bonds is 2. The van der Waals surface area contributed by atoms with Gasteiger partial charge in [0.2, 0.25) is 0 Å². The minimum Gasteiger partial charge on any atom is -0.338 e. The molecule has 0 atom stereocenters. The molecule has 0 aromatic carbocycles. The van der Waals surface area contributed by atoms with Crippen LogP contribution in [0.25, 0.3) is 0 Å². The molecule has 1 aromatic heterocycles. The van der Waals surface area contributed by atoms with Gasteiger partial charge in [-0.15, -0.1) is 36.2 Å². The summed E-state index contributed by atoms with van der Waals surface area (Å²) in [5, 5.41) is 4.28. The van der Waals surface area contributed by atoms with Crippen molar-refractivity contribution >= 4 is 42.1 Å². The molecule has 1 fully saturated rings. The van der Waals surface area contributed by atoms with Gasteiger partial charge in [0.1, 0.15) is 4.88 Å². The average molecular weight is 326 g/mol. The highest BCUT2D eigenvalue weighted by Gasteiger charge is 2.25. The van der Waals surface area contributed by atoms with E-state index in [1.54, 1.807) is 0 Å². The molecule has 2 heterocycles. The van der Waals surface area contributed by atoms with Crippen LogP contribution in [0.5, 0.6) is 0 Å². The minimum atomic E-state index is 0. The first kappa shape index (κ1) is 18.6. The van der Waals surface area contributed by atoms with E-state index < -0.39 is 0 Å². The summed E-state index contributed by atoms with van der Waals surface area (Å²) in [5.41, 5.74) is 0.860. The van der Waals surface area contributed by atoms with Gasteiger partial charge in [0.05, 0.1) is 10.7 Å². The molecular weight excluding hydrogens is 305 g/mol. The van der Waals surface area contributed by atoms with Gasteiger partial charge in [-0.3, -0.25) is 4.79 Å². The van der Waals surface area contributed by atoms with E-state index in [0.29, 0.717) is 6.04 Å². The topological polar surface area (TPSA) is 45.2 Å². The molecule has 1 aliphatic heterocycles. The van der Waals surface area contributed by atoms with Crippen LogP contribution in [0.3, 0.4) is 0 Å². The number of aryl methyl sites for hydroxylation is 2. The average Bonchev–Trinajstić information content (AvgIpc) is 2.68. The van der Waals surface area contributed by atoms with Gasteiger partial charge in [0.15, 0.2) is 0 Å². The summed E-state index contributed by atoms with van der Waals surface area (Å²) in [6, 6.07) is 0.366. The number of amides is 1. The number of aromatic nitrogens is 1. The lowest BCUT2D eigenvalue weighted by Gasteiger charge is -2.31. The Morgan fingerprint density at radius 1 is 1.32 bits per heavy atom. The first-order valence-corrected chi connectivity index (χ1v) is 6.83. The van der Waals surface area contributed by atoms with Crippen molar-refractivity contribution in [1.29, 1.82) is 0 Å². The summed E-state index contributed by atoms with van der Waals surface area (Å²) < 4.78 is 0. The number of nitrogens with zero attached hydrogens (tertiary/aromatic N) is 2. The van der Waals surface area contributed by atoms with Crippen molar-refractivity contribution < 1.29 is 4.79 Å². The summed E-state index contributed by atoms with van der Waals surface area (Å²) in [5.74, 6) is 0.125. The highest BCUT2D eigenvalue weighted by molar-refractivity contribution is 7.13. The molecular formula is C12H21Cl2N3OS. The molecule has 0 bridgehead atoms. The van der Waals surface area contributed by atoms with Gasteiger partial charge in [-0.05, 0) is 39.8 Å². The molecule has 0 aliphatic carbocycles. The lowest BCUT2D eigenvalue weighted by atomic mass is 10.1. The monoisotopic (exact) mass is 325 g/mol. The van der Waals surface area contributed by atoms with Gasteiger partial charge in [0.25, 0.3) is 5.91 Å². The number of piperidine rings is 1. The first-order valence-electron chi connectivity index (χ1n) is 6.01. The molecule has 0 unspecified atom stereocenters. The fraction of sp³-hybridized carbons (Fsp3) is 0.667. The van der Waals surface area contributed by atoms with Crippen molar-refractivity contribution in [2.24, 2.45) is 0 Å². The number of halogens is 2. The summed E-state index contributed by atoms with van der Waals surface area (Å²) >= 11 is 1.50. The molecule has 1 aromatic rings. The minimum absolute atomic E-state index is 0. The zero-order valence-electron chi connectivity index (χ0n) is 11.4. The van der Waals surface area contributed by atoms with Crippen molar-refractivity contribution in [2.75, 3.05) is 20.1 Å². The predicted octanol–water partition coefficient (Wildman–Crippen LogP) is 2.43. The number of thiazole rings is 1. The maximum Gasteiger partial charge on any atom is 0.265 e. The van der Waals surface area contributed by atoms with Crippen LogP contribution in [0.15, 0.2) is 0 Å². The van der Waals surface area contributed by atoms with Gasteiger partial charge in [0, 0.05) is 13.1 Å². The third-order valence-corrected chi connectivity index (χ3v) is 4.34. The molecule has 0 saturated carbocycles. The van der Waals surface area contributed by atoms with Gasteiger partial charge in [-0.1, -0.05) is 0 Å². The third kappa shape index (κ3) is 4.31. The summed E-state index contributed by atoms with van der Waals surface area (Å²) in [4.78, 5) is 19.4. The largest absolute Gasteiger partial charge is 0.338 e. The SMILES string of the molecule is Cc1nc(C)c(C(=O)N(C)C2CCNCC2)s1.Cl.Cl. The van der Waals surface area contributed by atoms with E-state index in [-0.39, 0.29) is 30.7 Å². The second kappa shape index (κ2) is 8.04. The molecule has 4 nitrogen and oxygen atoms in total. The fourth-order valence-electron chi connectivity index (χ4n) is 2.25. The second-order valence-electron chi connectivity index (χ2n) is 4.54. The molecule has 1 N–H and O–H groups in total.